The van der Waals surface area contributed by atoms with Crippen LogP contribution in [0.25, 0.3) is 11.1 Å². The van der Waals surface area contributed by atoms with Crippen molar-refractivity contribution in [3.63, 3.8) is 0 Å². The standard InChI is InChI=1S/C28H30N2O5/c31-26(30-11-5-10-25(30)27(32)33)17-12-16-14-24(22(16)13-17)29-28(34)35-15-23-20-8-3-1-6-18(20)19-7-2-4-9-21(19)23/h1-4,6-9,16-17,22-25H,5,10-15H2,(H,29,34)(H,32,33)/t16-,17?,22-,24+,25+/m0/s1. The maximum atomic E-state index is 13.0. The van der Waals surface area contributed by atoms with E-state index in [0.717, 1.165) is 19.3 Å². The Morgan fingerprint density at radius 1 is 0.971 bits per heavy atom. The first-order valence-corrected chi connectivity index (χ1v) is 12.7. The van der Waals surface area contributed by atoms with E-state index in [2.05, 4.69) is 29.6 Å². The summed E-state index contributed by atoms with van der Waals surface area (Å²) in [5.74, 6) is -0.377. The van der Waals surface area contributed by atoms with E-state index in [4.69, 9.17) is 4.74 Å². The van der Waals surface area contributed by atoms with Gasteiger partial charge in [-0.05, 0) is 66.2 Å². The minimum Gasteiger partial charge on any atom is -0.480 e. The maximum Gasteiger partial charge on any atom is 0.407 e. The van der Waals surface area contributed by atoms with E-state index in [0.29, 0.717) is 25.3 Å². The molecule has 2 amide bonds. The van der Waals surface area contributed by atoms with Gasteiger partial charge in [-0.1, -0.05) is 48.5 Å². The van der Waals surface area contributed by atoms with Gasteiger partial charge in [-0.2, -0.15) is 0 Å². The summed E-state index contributed by atoms with van der Waals surface area (Å²) in [5, 5.41) is 12.5. The van der Waals surface area contributed by atoms with E-state index in [1.54, 1.807) is 4.90 Å². The topological polar surface area (TPSA) is 95.9 Å². The van der Waals surface area contributed by atoms with E-state index < -0.39 is 18.1 Å². The summed E-state index contributed by atoms with van der Waals surface area (Å²) in [5.41, 5.74) is 4.76. The molecule has 0 aromatic heterocycles. The van der Waals surface area contributed by atoms with Gasteiger partial charge < -0.3 is 20.1 Å². The van der Waals surface area contributed by atoms with Gasteiger partial charge in [0.15, 0.2) is 0 Å². The molecule has 2 saturated carbocycles. The van der Waals surface area contributed by atoms with Gasteiger partial charge in [0.25, 0.3) is 0 Å². The van der Waals surface area contributed by atoms with Crippen LogP contribution in [0.15, 0.2) is 48.5 Å². The highest BCUT2D eigenvalue weighted by Gasteiger charge is 2.51. The fourth-order valence-corrected chi connectivity index (χ4v) is 6.91. The number of aliphatic carboxylic acids is 1. The predicted octanol–water partition coefficient (Wildman–Crippen LogP) is 4.02. The minimum atomic E-state index is -0.911. The Balaban J connectivity index is 1.04. The first kappa shape index (κ1) is 22.1. The summed E-state index contributed by atoms with van der Waals surface area (Å²) in [4.78, 5) is 38.7. The summed E-state index contributed by atoms with van der Waals surface area (Å²) in [6.07, 6.45) is 3.22. The molecule has 7 nitrogen and oxygen atoms in total. The number of fused-ring (bicyclic) bond motifs is 4. The highest BCUT2D eigenvalue weighted by molar-refractivity contribution is 5.86. The molecule has 1 unspecified atom stereocenters. The van der Waals surface area contributed by atoms with Gasteiger partial charge in [-0.15, -0.1) is 0 Å². The smallest absolute Gasteiger partial charge is 0.407 e. The lowest BCUT2D eigenvalue weighted by atomic mass is 9.71. The Bertz CT molecular complexity index is 1130. The van der Waals surface area contributed by atoms with Gasteiger partial charge in [0.2, 0.25) is 5.91 Å². The zero-order chi connectivity index (χ0) is 24.1. The number of carboxylic acids is 1. The summed E-state index contributed by atoms with van der Waals surface area (Å²) < 4.78 is 5.70. The Kier molecular flexibility index (Phi) is 5.50. The van der Waals surface area contributed by atoms with Gasteiger partial charge in [0.1, 0.15) is 12.6 Å². The molecule has 2 N–H and O–H groups in total. The fourth-order valence-electron chi connectivity index (χ4n) is 6.91. The molecule has 0 spiro atoms. The molecule has 7 heteroatoms. The first-order valence-electron chi connectivity index (χ1n) is 12.7. The molecule has 0 bridgehead atoms. The van der Waals surface area contributed by atoms with Crippen molar-refractivity contribution in [2.24, 2.45) is 17.8 Å². The largest absolute Gasteiger partial charge is 0.480 e. The van der Waals surface area contributed by atoms with Crippen LogP contribution in [-0.2, 0) is 14.3 Å². The molecular weight excluding hydrogens is 444 g/mol. The fraction of sp³-hybridized carbons (Fsp3) is 0.464. The average Bonchev–Trinajstić information content (AvgIpc) is 3.56. The van der Waals surface area contributed by atoms with Crippen molar-refractivity contribution in [1.29, 1.82) is 0 Å². The lowest BCUT2D eigenvalue weighted by Gasteiger charge is -2.40. The molecule has 3 fully saturated rings. The van der Waals surface area contributed by atoms with Crippen LogP contribution in [0.4, 0.5) is 4.79 Å². The molecule has 1 aliphatic heterocycles. The van der Waals surface area contributed by atoms with E-state index in [1.165, 1.54) is 22.3 Å². The van der Waals surface area contributed by atoms with Crippen LogP contribution in [0.3, 0.4) is 0 Å². The van der Waals surface area contributed by atoms with Crippen LogP contribution in [-0.4, -0.2) is 53.2 Å². The van der Waals surface area contributed by atoms with Crippen molar-refractivity contribution >= 4 is 18.0 Å². The average molecular weight is 475 g/mol. The second kappa shape index (κ2) is 8.70. The monoisotopic (exact) mass is 474 g/mol. The van der Waals surface area contributed by atoms with Gasteiger partial charge in [-0.3, -0.25) is 4.79 Å². The lowest BCUT2D eigenvalue weighted by molar-refractivity contribution is -0.149. The van der Waals surface area contributed by atoms with E-state index in [1.807, 2.05) is 24.3 Å². The van der Waals surface area contributed by atoms with E-state index >= 15 is 0 Å². The number of likely N-dealkylation sites (tertiary alicyclic amines) is 1. The van der Waals surface area contributed by atoms with Crippen LogP contribution < -0.4 is 5.32 Å². The molecule has 2 aromatic rings. The zero-order valence-electron chi connectivity index (χ0n) is 19.6. The molecule has 2 aromatic carbocycles. The van der Waals surface area contributed by atoms with Crippen LogP contribution in [0, 0.1) is 17.8 Å². The van der Waals surface area contributed by atoms with Crippen molar-refractivity contribution in [3.05, 3.63) is 59.7 Å². The molecule has 1 saturated heterocycles. The van der Waals surface area contributed by atoms with Gasteiger partial charge in [0, 0.05) is 24.4 Å². The Morgan fingerprint density at radius 3 is 2.34 bits per heavy atom. The number of carbonyl (C=O) groups is 3. The third-order valence-corrected chi connectivity index (χ3v) is 8.64. The SMILES string of the molecule is O=C(N[C@@H]1C[C@@H]2CC(C(=O)N3CCC[C@@H]3C(=O)O)C[C@@H]21)OCC1c2ccccc2-c2ccccc21. The van der Waals surface area contributed by atoms with Crippen molar-refractivity contribution in [2.75, 3.05) is 13.2 Å². The van der Waals surface area contributed by atoms with Crippen LogP contribution in [0.1, 0.15) is 49.1 Å². The molecule has 35 heavy (non-hydrogen) atoms. The molecule has 3 aliphatic carbocycles. The number of ether oxygens (including phenoxy) is 1. The van der Waals surface area contributed by atoms with Crippen LogP contribution >= 0.6 is 0 Å². The van der Waals surface area contributed by atoms with E-state index in [-0.39, 0.29) is 36.3 Å². The normalized spacial score (nSPS) is 28.6. The molecule has 0 radical (unpaired) electrons. The minimum absolute atomic E-state index is 0.0160. The second-order valence-electron chi connectivity index (χ2n) is 10.4. The number of nitrogens with zero attached hydrogens (tertiary/aromatic N) is 1. The van der Waals surface area contributed by atoms with Gasteiger partial charge in [-0.25, -0.2) is 9.59 Å². The third-order valence-electron chi connectivity index (χ3n) is 8.64. The first-order chi connectivity index (χ1) is 17.0. The highest BCUT2D eigenvalue weighted by Crippen LogP contribution is 2.50. The summed E-state index contributed by atoms with van der Waals surface area (Å²) >= 11 is 0. The second-order valence-corrected chi connectivity index (χ2v) is 10.4. The number of hydrogen-bond acceptors (Lipinski definition) is 4. The molecule has 1 heterocycles. The summed E-state index contributed by atoms with van der Waals surface area (Å²) in [6, 6.07) is 15.9. The number of amides is 2. The number of rotatable bonds is 5. The number of alkyl carbamates (subject to hydrolysis) is 1. The molecule has 6 rings (SSSR count). The number of benzene rings is 2. The summed E-state index contributed by atoms with van der Waals surface area (Å²) in [6.45, 7) is 0.816. The number of carbonyl (C=O) groups excluding carboxylic acids is 2. The number of hydrogen-bond donors (Lipinski definition) is 2. The summed E-state index contributed by atoms with van der Waals surface area (Å²) in [7, 11) is 0. The Morgan fingerprint density at radius 2 is 1.66 bits per heavy atom. The van der Waals surface area contributed by atoms with Crippen LogP contribution in [0.2, 0.25) is 0 Å². The van der Waals surface area contributed by atoms with Crippen molar-refractivity contribution in [1.82, 2.24) is 10.2 Å². The lowest BCUT2D eigenvalue weighted by Crippen LogP contribution is -2.50. The van der Waals surface area contributed by atoms with Gasteiger partial charge >= 0.3 is 12.1 Å². The molecule has 5 atom stereocenters. The zero-order valence-corrected chi connectivity index (χ0v) is 19.6. The Labute approximate surface area is 204 Å². The van der Waals surface area contributed by atoms with Crippen LogP contribution in [0.5, 0.6) is 0 Å². The van der Waals surface area contributed by atoms with Gasteiger partial charge in [0.05, 0.1) is 0 Å². The quantitative estimate of drug-likeness (QED) is 0.683. The Hall–Kier alpha value is -3.35. The molecule has 4 aliphatic rings. The number of nitrogens with one attached hydrogen (secondary N) is 1. The van der Waals surface area contributed by atoms with E-state index in [9.17, 15) is 19.5 Å². The predicted molar refractivity (Wildman–Crippen MR) is 129 cm³/mol. The molecule has 182 valence electrons. The number of carboxylic acid groups (broad SMARTS) is 1. The maximum absolute atomic E-state index is 13.0. The van der Waals surface area contributed by atoms with Crippen molar-refractivity contribution in [3.8, 4) is 11.1 Å². The van der Waals surface area contributed by atoms with Crippen molar-refractivity contribution < 1.29 is 24.2 Å². The third kappa shape index (κ3) is 3.77. The molecular formula is C28H30N2O5. The highest BCUT2D eigenvalue weighted by atomic mass is 16.5. The van der Waals surface area contributed by atoms with Crippen molar-refractivity contribution in [2.45, 2.75) is 50.1 Å².